The second-order valence-electron chi connectivity index (χ2n) is 6.08. The first-order chi connectivity index (χ1) is 11.8. The molecule has 1 atom stereocenters. The standard InChI is InChI=1S/C17H23N5O2/c23-11-15(13-7-3-1-4-8-13)19-17(24)20-16-18-12-22(21-16)14-9-5-2-6-10-14/h1,3-4,7-8,12,14-15,23H,2,5-6,9-11H2,(H2,19,20,21,24)/t15-/m1/s1. The Labute approximate surface area is 141 Å². The predicted molar refractivity (Wildman–Crippen MR) is 90.6 cm³/mol. The fourth-order valence-electron chi connectivity index (χ4n) is 3.07. The van der Waals surface area contributed by atoms with E-state index >= 15 is 0 Å². The van der Waals surface area contributed by atoms with Crippen LogP contribution in [0.1, 0.15) is 49.8 Å². The van der Waals surface area contributed by atoms with Crippen molar-refractivity contribution in [3.8, 4) is 0 Å². The molecular weight excluding hydrogens is 306 g/mol. The maximum Gasteiger partial charge on any atom is 0.322 e. The molecule has 0 unspecified atom stereocenters. The molecule has 7 nitrogen and oxygen atoms in total. The number of nitrogens with zero attached hydrogens (tertiary/aromatic N) is 3. The highest BCUT2D eigenvalue weighted by molar-refractivity contribution is 5.87. The summed E-state index contributed by atoms with van der Waals surface area (Å²) >= 11 is 0. The number of carbonyl (C=O) groups is 1. The van der Waals surface area contributed by atoms with Gasteiger partial charge >= 0.3 is 6.03 Å². The summed E-state index contributed by atoms with van der Waals surface area (Å²) in [6.07, 6.45) is 7.59. The van der Waals surface area contributed by atoms with Gasteiger partial charge in [0.1, 0.15) is 6.33 Å². The Morgan fingerprint density at radius 2 is 2.00 bits per heavy atom. The second-order valence-corrected chi connectivity index (χ2v) is 6.08. The van der Waals surface area contributed by atoms with Crippen LogP contribution in [0.15, 0.2) is 36.7 Å². The Kier molecular flexibility index (Phi) is 5.43. The van der Waals surface area contributed by atoms with Gasteiger partial charge in [-0.2, -0.15) is 0 Å². The largest absolute Gasteiger partial charge is 0.394 e. The number of aromatic nitrogens is 3. The van der Waals surface area contributed by atoms with Crippen LogP contribution in [0.4, 0.5) is 10.7 Å². The molecule has 0 radical (unpaired) electrons. The molecule has 2 amide bonds. The van der Waals surface area contributed by atoms with E-state index in [0.29, 0.717) is 6.04 Å². The number of urea groups is 1. The fourth-order valence-corrected chi connectivity index (χ4v) is 3.07. The van der Waals surface area contributed by atoms with Crippen molar-refractivity contribution in [2.75, 3.05) is 11.9 Å². The molecule has 1 saturated carbocycles. The quantitative estimate of drug-likeness (QED) is 0.786. The third-order valence-corrected chi connectivity index (χ3v) is 4.37. The van der Waals surface area contributed by atoms with Crippen LogP contribution in [0.2, 0.25) is 0 Å². The van der Waals surface area contributed by atoms with Gasteiger partial charge in [0, 0.05) is 0 Å². The number of hydrogen-bond acceptors (Lipinski definition) is 4. The van der Waals surface area contributed by atoms with Gasteiger partial charge in [-0.05, 0) is 18.4 Å². The van der Waals surface area contributed by atoms with Crippen LogP contribution < -0.4 is 10.6 Å². The molecular formula is C17H23N5O2. The number of hydrogen-bond donors (Lipinski definition) is 3. The number of nitrogens with one attached hydrogen (secondary N) is 2. The minimum atomic E-state index is -0.466. The molecule has 1 aromatic carbocycles. The molecule has 0 saturated heterocycles. The van der Waals surface area contributed by atoms with Gasteiger partial charge in [-0.25, -0.2) is 14.5 Å². The lowest BCUT2D eigenvalue weighted by molar-refractivity contribution is 0.225. The van der Waals surface area contributed by atoms with E-state index in [4.69, 9.17) is 0 Å². The summed E-state index contributed by atoms with van der Waals surface area (Å²) in [4.78, 5) is 16.3. The van der Waals surface area contributed by atoms with E-state index in [-0.39, 0.29) is 12.6 Å². The lowest BCUT2D eigenvalue weighted by Crippen LogP contribution is -2.34. The number of aliphatic hydroxyl groups excluding tert-OH is 1. The monoisotopic (exact) mass is 329 g/mol. The molecule has 24 heavy (non-hydrogen) atoms. The first-order valence-corrected chi connectivity index (χ1v) is 8.40. The van der Waals surface area contributed by atoms with Crippen LogP contribution in [-0.4, -0.2) is 32.5 Å². The van der Waals surface area contributed by atoms with E-state index in [2.05, 4.69) is 20.7 Å². The average molecular weight is 329 g/mol. The summed E-state index contributed by atoms with van der Waals surface area (Å²) < 4.78 is 1.84. The van der Waals surface area contributed by atoms with E-state index < -0.39 is 12.1 Å². The number of amides is 2. The molecule has 1 aliphatic rings. The van der Waals surface area contributed by atoms with Crippen molar-refractivity contribution >= 4 is 12.0 Å². The molecule has 0 bridgehead atoms. The van der Waals surface area contributed by atoms with Gasteiger partial charge in [-0.15, -0.1) is 5.10 Å². The van der Waals surface area contributed by atoms with Gasteiger partial charge in [-0.3, -0.25) is 5.32 Å². The first-order valence-electron chi connectivity index (χ1n) is 8.40. The van der Waals surface area contributed by atoms with Crippen molar-refractivity contribution in [1.29, 1.82) is 0 Å². The zero-order valence-electron chi connectivity index (χ0n) is 13.6. The smallest absolute Gasteiger partial charge is 0.322 e. The third kappa shape index (κ3) is 4.11. The maximum atomic E-state index is 12.1. The van der Waals surface area contributed by atoms with Crippen LogP contribution in [0.5, 0.6) is 0 Å². The number of carbonyl (C=O) groups excluding carboxylic acids is 1. The van der Waals surface area contributed by atoms with Crippen molar-refractivity contribution in [1.82, 2.24) is 20.1 Å². The molecule has 7 heteroatoms. The Morgan fingerprint density at radius 1 is 1.25 bits per heavy atom. The summed E-state index contributed by atoms with van der Waals surface area (Å²) in [6, 6.07) is 8.81. The molecule has 1 aliphatic carbocycles. The average Bonchev–Trinajstić information content (AvgIpc) is 3.09. The number of anilines is 1. The minimum absolute atomic E-state index is 0.179. The second kappa shape index (κ2) is 7.92. The van der Waals surface area contributed by atoms with Crippen LogP contribution in [0.25, 0.3) is 0 Å². The van der Waals surface area contributed by atoms with Crippen LogP contribution >= 0.6 is 0 Å². The SMILES string of the molecule is O=C(Nc1ncn(C2CCCCC2)n1)N[C@H](CO)c1ccccc1. The molecule has 128 valence electrons. The Bertz CT molecular complexity index is 652. The lowest BCUT2D eigenvalue weighted by atomic mass is 9.96. The van der Waals surface area contributed by atoms with Crippen molar-refractivity contribution < 1.29 is 9.90 Å². The lowest BCUT2D eigenvalue weighted by Gasteiger charge is -2.21. The van der Waals surface area contributed by atoms with Crippen molar-refractivity contribution in [2.24, 2.45) is 0 Å². The van der Waals surface area contributed by atoms with Crippen molar-refractivity contribution in [3.63, 3.8) is 0 Å². The van der Waals surface area contributed by atoms with Crippen LogP contribution in [0.3, 0.4) is 0 Å². The highest BCUT2D eigenvalue weighted by atomic mass is 16.3. The Hall–Kier alpha value is -2.41. The zero-order valence-corrected chi connectivity index (χ0v) is 13.6. The van der Waals surface area contributed by atoms with Gasteiger partial charge < -0.3 is 10.4 Å². The predicted octanol–water partition coefficient (Wildman–Crippen LogP) is 2.64. The summed E-state index contributed by atoms with van der Waals surface area (Å²) in [7, 11) is 0. The molecule has 2 aromatic rings. The highest BCUT2D eigenvalue weighted by Crippen LogP contribution is 2.27. The Balaban J connectivity index is 1.57. The molecule has 1 heterocycles. The van der Waals surface area contributed by atoms with E-state index in [0.717, 1.165) is 18.4 Å². The molecule has 0 aliphatic heterocycles. The van der Waals surface area contributed by atoms with E-state index in [1.54, 1.807) is 6.33 Å². The third-order valence-electron chi connectivity index (χ3n) is 4.37. The first kappa shape index (κ1) is 16.4. The highest BCUT2D eigenvalue weighted by Gasteiger charge is 2.18. The normalized spacial score (nSPS) is 16.5. The van der Waals surface area contributed by atoms with E-state index in [9.17, 15) is 9.90 Å². The zero-order chi connectivity index (χ0) is 16.8. The number of aliphatic hydroxyl groups is 1. The summed E-state index contributed by atoms with van der Waals surface area (Å²) in [5.41, 5.74) is 0.843. The van der Waals surface area contributed by atoms with Gasteiger partial charge in [0.15, 0.2) is 0 Å². The van der Waals surface area contributed by atoms with Gasteiger partial charge in [0.05, 0.1) is 18.7 Å². The Morgan fingerprint density at radius 3 is 2.71 bits per heavy atom. The molecule has 0 spiro atoms. The van der Waals surface area contributed by atoms with Gasteiger partial charge in [-0.1, -0.05) is 49.6 Å². The number of benzene rings is 1. The topological polar surface area (TPSA) is 92.1 Å². The molecule has 3 rings (SSSR count). The van der Waals surface area contributed by atoms with E-state index in [1.165, 1.54) is 19.3 Å². The van der Waals surface area contributed by atoms with Gasteiger partial charge in [0.25, 0.3) is 0 Å². The summed E-state index contributed by atoms with van der Waals surface area (Å²) in [6.45, 7) is -0.179. The molecule has 1 aromatic heterocycles. The van der Waals surface area contributed by atoms with Crippen LogP contribution in [0, 0.1) is 0 Å². The molecule has 3 N–H and O–H groups in total. The molecule has 1 fully saturated rings. The van der Waals surface area contributed by atoms with Crippen molar-refractivity contribution in [2.45, 2.75) is 44.2 Å². The van der Waals surface area contributed by atoms with Crippen molar-refractivity contribution in [3.05, 3.63) is 42.2 Å². The number of rotatable bonds is 5. The maximum absolute atomic E-state index is 12.1. The van der Waals surface area contributed by atoms with Gasteiger partial charge in [0.2, 0.25) is 5.95 Å². The van der Waals surface area contributed by atoms with E-state index in [1.807, 2.05) is 35.0 Å². The summed E-state index contributed by atoms with van der Waals surface area (Å²) in [5.74, 6) is 0.280. The fraction of sp³-hybridized carbons (Fsp3) is 0.471. The van der Waals surface area contributed by atoms with Crippen LogP contribution in [-0.2, 0) is 0 Å². The minimum Gasteiger partial charge on any atom is -0.394 e. The summed E-state index contributed by atoms with van der Waals surface area (Å²) in [5, 5.41) is 19.2.